The number of aliphatic imine (C=N–C) groups is 1. The van der Waals surface area contributed by atoms with Gasteiger partial charge in [0.15, 0.2) is 6.17 Å². The third-order valence-electron chi connectivity index (χ3n) is 5.04. The molecule has 0 bridgehead atoms. The Morgan fingerprint density at radius 3 is 2.54 bits per heavy atom. The van der Waals surface area contributed by atoms with Crippen molar-refractivity contribution in [2.24, 2.45) is 4.99 Å². The van der Waals surface area contributed by atoms with Crippen LogP contribution in [0.4, 0.5) is 11.6 Å². The minimum atomic E-state index is -0.481. The summed E-state index contributed by atoms with van der Waals surface area (Å²) >= 11 is 0. The van der Waals surface area contributed by atoms with Crippen LogP contribution in [-0.2, 0) is 0 Å². The molecule has 0 saturated carbocycles. The van der Waals surface area contributed by atoms with E-state index in [-0.39, 0.29) is 5.56 Å². The predicted molar refractivity (Wildman–Crippen MR) is 113 cm³/mol. The molecule has 3 aromatic rings. The highest BCUT2D eigenvalue weighted by Crippen LogP contribution is 2.27. The SMILES string of the molecule is Cc1ccc([C@H]2N=C(Nc3cccc(C)c3C)Nc3nc(C)cc(=O)n32)cc1. The lowest BCUT2D eigenvalue weighted by Gasteiger charge is -2.27. The summed E-state index contributed by atoms with van der Waals surface area (Å²) in [5.41, 5.74) is 5.94. The van der Waals surface area contributed by atoms with Crippen LogP contribution in [0.3, 0.4) is 0 Å². The number of aromatic nitrogens is 2. The molecule has 1 aromatic heterocycles. The van der Waals surface area contributed by atoms with Crippen molar-refractivity contribution in [2.75, 3.05) is 10.6 Å². The Morgan fingerprint density at radius 2 is 1.79 bits per heavy atom. The van der Waals surface area contributed by atoms with Gasteiger partial charge in [-0.15, -0.1) is 0 Å². The summed E-state index contributed by atoms with van der Waals surface area (Å²) < 4.78 is 1.59. The van der Waals surface area contributed by atoms with E-state index in [1.54, 1.807) is 4.57 Å². The van der Waals surface area contributed by atoms with Crippen molar-refractivity contribution in [3.63, 3.8) is 0 Å². The lowest BCUT2D eigenvalue weighted by atomic mass is 10.1. The highest BCUT2D eigenvalue weighted by molar-refractivity contribution is 6.04. The minimum Gasteiger partial charge on any atom is -0.326 e. The molecule has 2 N–H and O–H groups in total. The van der Waals surface area contributed by atoms with Gasteiger partial charge in [-0.2, -0.15) is 0 Å². The summed E-state index contributed by atoms with van der Waals surface area (Å²) in [5.74, 6) is 1.05. The molecule has 0 unspecified atom stereocenters. The van der Waals surface area contributed by atoms with E-state index in [0.717, 1.165) is 22.4 Å². The fourth-order valence-corrected chi connectivity index (χ4v) is 3.29. The molecule has 6 heteroatoms. The maximum Gasteiger partial charge on any atom is 0.257 e. The van der Waals surface area contributed by atoms with Crippen LogP contribution in [0.5, 0.6) is 0 Å². The first-order valence-electron chi connectivity index (χ1n) is 9.27. The van der Waals surface area contributed by atoms with Crippen molar-refractivity contribution < 1.29 is 0 Å². The van der Waals surface area contributed by atoms with Crippen LogP contribution in [0.1, 0.15) is 34.1 Å². The molecule has 2 heterocycles. The Labute approximate surface area is 164 Å². The molecule has 0 radical (unpaired) electrons. The largest absolute Gasteiger partial charge is 0.326 e. The Bertz CT molecular complexity index is 1130. The number of nitrogens with zero attached hydrogens (tertiary/aromatic N) is 3. The van der Waals surface area contributed by atoms with Crippen molar-refractivity contribution in [3.8, 4) is 0 Å². The van der Waals surface area contributed by atoms with E-state index in [0.29, 0.717) is 17.6 Å². The number of guanidine groups is 1. The van der Waals surface area contributed by atoms with E-state index < -0.39 is 6.17 Å². The molecule has 0 amide bonds. The molecular formula is C22H23N5O. The number of aryl methyl sites for hydroxylation is 3. The van der Waals surface area contributed by atoms with Crippen LogP contribution in [-0.4, -0.2) is 15.5 Å². The van der Waals surface area contributed by atoms with Crippen LogP contribution >= 0.6 is 0 Å². The third kappa shape index (κ3) is 3.29. The highest BCUT2D eigenvalue weighted by atomic mass is 16.1. The predicted octanol–water partition coefficient (Wildman–Crippen LogP) is 3.92. The lowest BCUT2D eigenvalue weighted by molar-refractivity contribution is 0.577. The third-order valence-corrected chi connectivity index (χ3v) is 5.04. The molecule has 1 aliphatic rings. The number of rotatable bonds is 2. The van der Waals surface area contributed by atoms with Gasteiger partial charge in [0.25, 0.3) is 5.56 Å². The van der Waals surface area contributed by atoms with Crippen molar-refractivity contribution in [2.45, 2.75) is 33.9 Å². The zero-order valence-corrected chi connectivity index (χ0v) is 16.4. The van der Waals surface area contributed by atoms with E-state index in [9.17, 15) is 4.79 Å². The second-order valence-electron chi connectivity index (χ2n) is 7.19. The van der Waals surface area contributed by atoms with E-state index in [4.69, 9.17) is 4.99 Å². The van der Waals surface area contributed by atoms with Crippen molar-refractivity contribution in [3.05, 3.63) is 86.8 Å². The van der Waals surface area contributed by atoms with E-state index in [1.807, 2.05) is 50.2 Å². The maximum atomic E-state index is 12.7. The number of anilines is 2. The van der Waals surface area contributed by atoms with Crippen molar-refractivity contribution >= 4 is 17.6 Å². The zero-order chi connectivity index (χ0) is 19.8. The standard InChI is InChI=1S/C22H23N5O/c1-13-8-10-17(11-9-13)20-25-21(24-18-7-5-6-14(2)16(18)4)26-22-23-15(3)12-19(28)27(20)22/h5-12,20H,1-4H3,(H2,23,24,25,26)/t20-/m0/s1. The Hall–Kier alpha value is -3.41. The summed E-state index contributed by atoms with van der Waals surface area (Å²) in [7, 11) is 0. The fourth-order valence-electron chi connectivity index (χ4n) is 3.29. The van der Waals surface area contributed by atoms with Gasteiger partial charge in [0.2, 0.25) is 11.9 Å². The van der Waals surface area contributed by atoms with Crippen LogP contribution in [0, 0.1) is 27.7 Å². The molecule has 28 heavy (non-hydrogen) atoms. The van der Waals surface area contributed by atoms with Gasteiger partial charge in [-0.25, -0.2) is 9.98 Å². The molecule has 0 saturated heterocycles. The highest BCUT2D eigenvalue weighted by Gasteiger charge is 2.25. The van der Waals surface area contributed by atoms with Gasteiger partial charge >= 0.3 is 0 Å². The molecular weight excluding hydrogens is 350 g/mol. The Morgan fingerprint density at radius 1 is 1.04 bits per heavy atom. The van der Waals surface area contributed by atoms with Crippen molar-refractivity contribution in [1.82, 2.24) is 9.55 Å². The lowest BCUT2D eigenvalue weighted by Crippen LogP contribution is -2.37. The van der Waals surface area contributed by atoms with Crippen LogP contribution in [0.15, 0.2) is 58.3 Å². The molecule has 6 nitrogen and oxygen atoms in total. The number of hydrogen-bond donors (Lipinski definition) is 2. The number of nitrogens with one attached hydrogen (secondary N) is 2. The Kier molecular flexibility index (Phi) is 4.47. The van der Waals surface area contributed by atoms with Gasteiger partial charge in [0.1, 0.15) is 0 Å². The summed E-state index contributed by atoms with van der Waals surface area (Å²) in [4.78, 5) is 22.0. The Balaban J connectivity index is 1.81. The van der Waals surface area contributed by atoms with Gasteiger partial charge in [-0.3, -0.25) is 14.7 Å². The van der Waals surface area contributed by atoms with Gasteiger partial charge in [0.05, 0.1) is 0 Å². The van der Waals surface area contributed by atoms with Crippen LogP contribution < -0.4 is 16.2 Å². The first kappa shape index (κ1) is 18.0. The minimum absolute atomic E-state index is 0.130. The molecule has 0 fully saturated rings. The number of fused-ring (bicyclic) bond motifs is 1. The second-order valence-corrected chi connectivity index (χ2v) is 7.19. The zero-order valence-electron chi connectivity index (χ0n) is 16.4. The van der Waals surface area contributed by atoms with E-state index in [1.165, 1.54) is 11.6 Å². The summed E-state index contributed by atoms with van der Waals surface area (Å²) in [6.07, 6.45) is -0.481. The van der Waals surface area contributed by atoms with Crippen molar-refractivity contribution in [1.29, 1.82) is 0 Å². The van der Waals surface area contributed by atoms with E-state index >= 15 is 0 Å². The fraction of sp³-hybridized carbons (Fsp3) is 0.227. The van der Waals surface area contributed by atoms with Crippen LogP contribution in [0.2, 0.25) is 0 Å². The molecule has 1 atom stereocenters. The summed E-state index contributed by atoms with van der Waals surface area (Å²) in [6.45, 7) is 7.99. The first-order valence-corrected chi connectivity index (χ1v) is 9.27. The summed E-state index contributed by atoms with van der Waals surface area (Å²) in [6, 6.07) is 15.7. The normalized spacial score (nSPS) is 15.4. The average molecular weight is 373 g/mol. The molecule has 2 aromatic carbocycles. The first-order chi connectivity index (χ1) is 13.4. The monoisotopic (exact) mass is 373 g/mol. The van der Waals surface area contributed by atoms with E-state index in [2.05, 4.69) is 35.5 Å². The molecule has 0 spiro atoms. The summed E-state index contributed by atoms with van der Waals surface area (Å²) in [5, 5.41) is 6.54. The van der Waals surface area contributed by atoms with Gasteiger partial charge in [-0.05, 0) is 50.5 Å². The average Bonchev–Trinajstić information content (AvgIpc) is 2.65. The smallest absolute Gasteiger partial charge is 0.257 e. The van der Waals surface area contributed by atoms with Crippen LogP contribution in [0.25, 0.3) is 0 Å². The molecule has 0 aliphatic carbocycles. The number of benzene rings is 2. The molecule has 142 valence electrons. The quantitative estimate of drug-likeness (QED) is 0.714. The second kappa shape index (κ2) is 6.96. The molecule has 4 rings (SSSR count). The number of hydrogen-bond acceptors (Lipinski definition) is 5. The topological polar surface area (TPSA) is 71.3 Å². The molecule has 1 aliphatic heterocycles. The van der Waals surface area contributed by atoms with Gasteiger partial charge in [-0.1, -0.05) is 42.0 Å². The van der Waals surface area contributed by atoms with Gasteiger partial charge < -0.3 is 5.32 Å². The maximum absolute atomic E-state index is 12.7. The van der Waals surface area contributed by atoms with Gasteiger partial charge in [0, 0.05) is 17.4 Å².